The summed E-state index contributed by atoms with van der Waals surface area (Å²) in [4.78, 5) is 14.8. The second-order valence-electron chi connectivity index (χ2n) is 11.2. The summed E-state index contributed by atoms with van der Waals surface area (Å²) in [6, 6.07) is 7.89. The number of likely N-dealkylation sites (N-methyl/N-ethyl adjacent to an activating group) is 1. The molecule has 164 valence electrons. The maximum absolute atomic E-state index is 12.8. The van der Waals surface area contributed by atoms with Gasteiger partial charge < -0.3 is 9.64 Å². The molecule has 0 spiro atoms. The molecule has 5 rings (SSSR count). The lowest BCUT2D eigenvalue weighted by Crippen LogP contribution is -2.69. The van der Waals surface area contributed by atoms with Crippen molar-refractivity contribution >= 4 is 17.5 Å². The standard InChI is InChI=1S/C26H36ClNO2/c1-16-22-19-6-5-13-25(19,2)14-11-20(22)26(3)15-12-21(29)28(4)24(26)23(16)30-18-9-7-17(27)8-10-18/h7-10,16,19-20,22-24H,5-6,11-15H2,1-4H3/t16?,19-,20+,22-,23?,24?,25-,26+/m0/s1. The van der Waals surface area contributed by atoms with Crippen LogP contribution in [0.5, 0.6) is 5.75 Å². The Morgan fingerprint density at radius 3 is 2.53 bits per heavy atom. The molecule has 0 radical (unpaired) electrons. The highest BCUT2D eigenvalue weighted by Crippen LogP contribution is 2.66. The van der Waals surface area contributed by atoms with Crippen LogP contribution in [0.4, 0.5) is 0 Å². The molecule has 1 aromatic carbocycles. The Balaban J connectivity index is 1.57. The molecular formula is C26H36ClNO2. The number of likely N-dealkylation sites (tertiary alicyclic amines) is 1. The molecule has 0 aromatic heterocycles. The molecule has 1 aromatic rings. The number of halogens is 1. The minimum absolute atomic E-state index is 0.0228. The first-order valence-corrected chi connectivity index (χ1v) is 12.3. The third kappa shape index (κ3) is 2.94. The molecule has 3 saturated carbocycles. The number of fused-ring (bicyclic) bond motifs is 5. The molecule has 0 N–H and O–H groups in total. The summed E-state index contributed by atoms with van der Waals surface area (Å²) in [5.74, 6) is 3.74. The van der Waals surface area contributed by atoms with Gasteiger partial charge in [0.05, 0.1) is 6.04 Å². The second-order valence-corrected chi connectivity index (χ2v) is 11.7. The van der Waals surface area contributed by atoms with E-state index in [1.807, 2.05) is 36.2 Å². The Morgan fingerprint density at radius 2 is 1.80 bits per heavy atom. The van der Waals surface area contributed by atoms with Gasteiger partial charge in [0.1, 0.15) is 11.9 Å². The fourth-order valence-corrected chi connectivity index (χ4v) is 8.46. The van der Waals surface area contributed by atoms with E-state index in [0.717, 1.165) is 23.1 Å². The number of ether oxygens (including phenoxy) is 1. The predicted molar refractivity (Wildman–Crippen MR) is 121 cm³/mol. The number of benzene rings is 1. The summed E-state index contributed by atoms with van der Waals surface area (Å²) in [6.07, 6.45) is 8.49. The number of nitrogens with zero attached hydrogens (tertiary/aromatic N) is 1. The number of carbonyl (C=O) groups excluding carboxylic acids is 1. The van der Waals surface area contributed by atoms with Gasteiger partial charge in [-0.3, -0.25) is 4.79 Å². The zero-order valence-corrected chi connectivity index (χ0v) is 19.6. The number of carbonyl (C=O) groups is 1. The van der Waals surface area contributed by atoms with E-state index >= 15 is 0 Å². The van der Waals surface area contributed by atoms with Gasteiger partial charge in [0.2, 0.25) is 5.91 Å². The van der Waals surface area contributed by atoms with Crippen molar-refractivity contribution in [3.8, 4) is 5.75 Å². The van der Waals surface area contributed by atoms with Crippen LogP contribution >= 0.6 is 11.6 Å². The van der Waals surface area contributed by atoms with E-state index in [0.29, 0.717) is 29.6 Å². The van der Waals surface area contributed by atoms with Gasteiger partial charge in [0.25, 0.3) is 0 Å². The van der Waals surface area contributed by atoms with Crippen molar-refractivity contribution < 1.29 is 9.53 Å². The third-order valence-electron chi connectivity index (χ3n) is 9.85. The lowest BCUT2D eigenvalue weighted by Gasteiger charge is -2.65. The number of hydrogen-bond donors (Lipinski definition) is 0. The van der Waals surface area contributed by atoms with Gasteiger partial charge in [-0.2, -0.15) is 0 Å². The first kappa shape index (κ1) is 20.7. The fourth-order valence-electron chi connectivity index (χ4n) is 8.33. The average molecular weight is 430 g/mol. The highest BCUT2D eigenvalue weighted by atomic mass is 35.5. The summed E-state index contributed by atoms with van der Waals surface area (Å²) in [6.45, 7) is 7.43. The van der Waals surface area contributed by atoms with Crippen LogP contribution in [0.2, 0.25) is 5.02 Å². The van der Waals surface area contributed by atoms with Crippen molar-refractivity contribution in [2.45, 2.75) is 77.9 Å². The van der Waals surface area contributed by atoms with Crippen molar-refractivity contribution in [1.29, 1.82) is 0 Å². The molecule has 1 aliphatic heterocycles. The quantitative estimate of drug-likeness (QED) is 0.560. The van der Waals surface area contributed by atoms with E-state index in [1.54, 1.807) is 0 Å². The van der Waals surface area contributed by atoms with E-state index in [4.69, 9.17) is 16.3 Å². The summed E-state index contributed by atoms with van der Waals surface area (Å²) in [7, 11) is 2.01. The molecule has 1 saturated heterocycles. The Bertz CT molecular complexity index is 825. The van der Waals surface area contributed by atoms with Crippen LogP contribution in [-0.4, -0.2) is 30.0 Å². The topological polar surface area (TPSA) is 29.5 Å². The number of piperidine rings is 1. The molecule has 30 heavy (non-hydrogen) atoms. The van der Waals surface area contributed by atoms with Crippen molar-refractivity contribution in [2.75, 3.05) is 7.05 Å². The van der Waals surface area contributed by atoms with Crippen molar-refractivity contribution in [3.05, 3.63) is 29.3 Å². The lowest BCUT2D eigenvalue weighted by atomic mass is 9.44. The number of rotatable bonds is 2. The van der Waals surface area contributed by atoms with Gasteiger partial charge >= 0.3 is 0 Å². The van der Waals surface area contributed by atoms with Crippen molar-refractivity contribution in [1.82, 2.24) is 4.90 Å². The molecule has 3 unspecified atom stereocenters. The molecule has 3 nitrogen and oxygen atoms in total. The van der Waals surface area contributed by atoms with Gasteiger partial charge in [0, 0.05) is 18.5 Å². The van der Waals surface area contributed by atoms with Crippen LogP contribution in [0, 0.1) is 34.5 Å². The van der Waals surface area contributed by atoms with Gasteiger partial charge in [-0.25, -0.2) is 0 Å². The Morgan fingerprint density at radius 1 is 1.07 bits per heavy atom. The molecule has 4 fully saturated rings. The molecule has 4 aliphatic rings. The molecule has 1 heterocycles. The minimum Gasteiger partial charge on any atom is -0.488 e. The maximum Gasteiger partial charge on any atom is 0.222 e. The average Bonchev–Trinajstić information content (AvgIpc) is 3.11. The highest BCUT2D eigenvalue weighted by Gasteiger charge is 2.64. The summed E-state index contributed by atoms with van der Waals surface area (Å²) < 4.78 is 6.75. The van der Waals surface area contributed by atoms with E-state index in [1.165, 1.54) is 32.1 Å². The normalized spacial score (nSPS) is 45.5. The Hall–Kier alpha value is -1.22. The van der Waals surface area contributed by atoms with Crippen LogP contribution in [-0.2, 0) is 4.79 Å². The molecular weight excluding hydrogens is 394 g/mol. The molecule has 0 bridgehead atoms. The SMILES string of the molecule is CC1C(Oc2ccc(Cl)cc2)C2N(C)C(=O)CC[C@]2(C)[C@@H]2CC[C@]3(C)CCC[C@H]3[C@H]12. The summed E-state index contributed by atoms with van der Waals surface area (Å²) in [5, 5.41) is 0.725. The van der Waals surface area contributed by atoms with E-state index < -0.39 is 0 Å². The summed E-state index contributed by atoms with van der Waals surface area (Å²) in [5.41, 5.74) is 0.626. The van der Waals surface area contributed by atoms with Gasteiger partial charge in [-0.15, -0.1) is 0 Å². The fraction of sp³-hybridized carbons (Fsp3) is 0.731. The lowest BCUT2D eigenvalue weighted by molar-refractivity contribution is -0.191. The first-order valence-electron chi connectivity index (χ1n) is 11.9. The van der Waals surface area contributed by atoms with Crippen LogP contribution in [0.3, 0.4) is 0 Å². The molecule has 4 heteroatoms. The number of amides is 1. The van der Waals surface area contributed by atoms with Crippen LogP contribution < -0.4 is 4.74 Å². The third-order valence-corrected chi connectivity index (χ3v) is 10.1. The van der Waals surface area contributed by atoms with E-state index in [2.05, 4.69) is 20.8 Å². The van der Waals surface area contributed by atoms with Gasteiger partial charge in [0.15, 0.2) is 0 Å². The molecule has 3 aliphatic carbocycles. The molecule has 8 atom stereocenters. The van der Waals surface area contributed by atoms with Crippen LogP contribution in [0.15, 0.2) is 24.3 Å². The summed E-state index contributed by atoms with van der Waals surface area (Å²) >= 11 is 6.12. The minimum atomic E-state index is 0.0228. The van der Waals surface area contributed by atoms with Gasteiger partial charge in [-0.1, -0.05) is 38.8 Å². The van der Waals surface area contributed by atoms with Crippen molar-refractivity contribution in [2.24, 2.45) is 34.5 Å². The zero-order valence-electron chi connectivity index (χ0n) is 18.9. The largest absolute Gasteiger partial charge is 0.488 e. The predicted octanol–water partition coefficient (Wildman–Crippen LogP) is 6.20. The van der Waals surface area contributed by atoms with E-state index in [9.17, 15) is 4.79 Å². The highest BCUT2D eigenvalue weighted by molar-refractivity contribution is 6.30. The van der Waals surface area contributed by atoms with E-state index in [-0.39, 0.29) is 23.5 Å². The van der Waals surface area contributed by atoms with Crippen LogP contribution in [0.25, 0.3) is 0 Å². The smallest absolute Gasteiger partial charge is 0.222 e. The molecule has 1 amide bonds. The monoisotopic (exact) mass is 429 g/mol. The zero-order chi connectivity index (χ0) is 21.3. The van der Waals surface area contributed by atoms with Crippen molar-refractivity contribution in [3.63, 3.8) is 0 Å². The van der Waals surface area contributed by atoms with Crippen LogP contribution in [0.1, 0.15) is 65.7 Å². The Labute approximate surface area is 186 Å². The second kappa shape index (κ2) is 7.15. The maximum atomic E-state index is 12.8. The first-order chi connectivity index (χ1) is 14.2. The Kier molecular flexibility index (Phi) is 4.93. The van der Waals surface area contributed by atoms with Gasteiger partial charge in [-0.05, 0) is 90.9 Å². The number of hydrogen-bond acceptors (Lipinski definition) is 2.